The van der Waals surface area contributed by atoms with Gasteiger partial charge in [0, 0.05) is 32.4 Å². The molecule has 0 atom stereocenters. The molecule has 0 unspecified atom stereocenters. The summed E-state index contributed by atoms with van der Waals surface area (Å²) in [6.45, 7) is 5.36. The Morgan fingerprint density at radius 2 is 2.25 bits per heavy atom. The summed E-state index contributed by atoms with van der Waals surface area (Å²) in [5.41, 5.74) is 1.03. The van der Waals surface area contributed by atoms with Crippen LogP contribution in [0.2, 0.25) is 0 Å². The summed E-state index contributed by atoms with van der Waals surface area (Å²) in [5.74, 6) is 0. The zero-order valence-corrected chi connectivity index (χ0v) is 9.83. The van der Waals surface area contributed by atoms with E-state index in [0.29, 0.717) is 0 Å². The van der Waals surface area contributed by atoms with Crippen molar-refractivity contribution in [2.75, 3.05) is 26.2 Å². The van der Waals surface area contributed by atoms with E-state index in [1.54, 1.807) is 11.3 Å². The first-order chi connectivity index (χ1) is 7.92. The van der Waals surface area contributed by atoms with Gasteiger partial charge in [-0.25, -0.2) is 9.97 Å². The van der Waals surface area contributed by atoms with Crippen molar-refractivity contribution in [3.63, 3.8) is 0 Å². The Morgan fingerprint density at radius 3 is 3.06 bits per heavy atom. The molecule has 1 aliphatic heterocycles. The fourth-order valence-corrected chi connectivity index (χ4v) is 2.89. The van der Waals surface area contributed by atoms with E-state index in [2.05, 4.69) is 20.2 Å². The van der Waals surface area contributed by atoms with E-state index in [9.17, 15) is 0 Å². The van der Waals surface area contributed by atoms with Crippen LogP contribution in [0.3, 0.4) is 0 Å². The summed E-state index contributed by atoms with van der Waals surface area (Å²) < 4.78 is 0. The van der Waals surface area contributed by atoms with Gasteiger partial charge in [0.25, 0.3) is 0 Å². The van der Waals surface area contributed by atoms with Crippen molar-refractivity contribution in [2.45, 2.75) is 6.54 Å². The molecule has 3 rings (SSSR count). The molecular formula is C11H14N4S. The summed E-state index contributed by atoms with van der Waals surface area (Å²) in [7, 11) is 0. The van der Waals surface area contributed by atoms with Crippen molar-refractivity contribution in [1.29, 1.82) is 0 Å². The molecule has 1 fully saturated rings. The topological polar surface area (TPSA) is 41.1 Å². The maximum atomic E-state index is 4.60. The first-order valence-electron chi connectivity index (χ1n) is 5.55. The predicted molar refractivity (Wildman–Crippen MR) is 65.6 cm³/mol. The van der Waals surface area contributed by atoms with E-state index >= 15 is 0 Å². The smallest absolute Gasteiger partial charge is 0.143 e. The first kappa shape index (κ1) is 10.1. The second-order valence-electron chi connectivity index (χ2n) is 3.96. The van der Waals surface area contributed by atoms with Crippen molar-refractivity contribution >= 4 is 21.7 Å². The van der Waals surface area contributed by atoms with Gasteiger partial charge in [-0.15, -0.1) is 0 Å². The monoisotopic (exact) mass is 234 g/mol. The van der Waals surface area contributed by atoms with Crippen LogP contribution in [0, 0.1) is 0 Å². The van der Waals surface area contributed by atoms with Crippen LogP contribution in [0.4, 0.5) is 0 Å². The maximum Gasteiger partial charge on any atom is 0.143 e. The number of rotatable bonds is 2. The van der Waals surface area contributed by atoms with E-state index in [1.165, 1.54) is 5.01 Å². The first-order valence-corrected chi connectivity index (χ1v) is 6.37. The van der Waals surface area contributed by atoms with Crippen LogP contribution in [0.1, 0.15) is 5.01 Å². The molecule has 4 nitrogen and oxygen atoms in total. The van der Waals surface area contributed by atoms with E-state index in [-0.39, 0.29) is 0 Å². The summed E-state index contributed by atoms with van der Waals surface area (Å²) in [5, 5.41) is 4.53. The highest BCUT2D eigenvalue weighted by molar-refractivity contribution is 7.18. The van der Waals surface area contributed by atoms with Crippen molar-refractivity contribution < 1.29 is 0 Å². The molecule has 0 amide bonds. The molecule has 2 aromatic heterocycles. The zero-order chi connectivity index (χ0) is 10.8. The maximum absolute atomic E-state index is 4.60. The molecule has 5 heteroatoms. The van der Waals surface area contributed by atoms with Crippen LogP contribution in [-0.4, -0.2) is 41.0 Å². The number of hydrogen-bond acceptors (Lipinski definition) is 5. The minimum absolute atomic E-state index is 0.961. The molecular weight excluding hydrogens is 220 g/mol. The van der Waals surface area contributed by atoms with Crippen LogP contribution < -0.4 is 5.32 Å². The molecule has 1 aliphatic rings. The second kappa shape index (κ2) is 4.45. The molecule has 0 aliphatic carbocycles. The van der Waals surface area contributed by atoms with Crippen LogP contribution in [0.15, 0.2) is 18.3 Å². The SMILES string of the molecule is c1cnc2sc(CN3CCNCC3)nc2c1. The van der Waals surface area contributed by atoms with Crippen LogP contribution >= 0.6 is 11.3 Å². The van der Waals surface area contributed by atoms with Gasteiger partial charge >= 0.3 is 0 Å². The molecule has 0 aromatic carbocycles. The molecule has 3 heterocycles. The lowest BCUT2D eigenvalue weighted by Crippen LogP contribution is -2.42. The van der Waals surface area contributed by atoms with E-state index in [0.717, 1.165) is 43.1 Å². The molecule has 0 radical (unpaired) electrons. The molecule has 1 saturated heterocycles. The van der Waals surface area contributed by atoms with Crippen LogP contribution in [0.5, 0.6) is 0 Å². The third-order valence-electron chi connectivity index (χ3n) is 2.78. The summed E-state index contributed by atoms with van der Waals surface area (Å²) >= 11 is 1.71. The van der Waals surface area contributed by atoms with Gasteiger partial charge in [-0.3, -0.25) is 4.90 Å². The Balaban J connectivity index is 1.78. The Bertz CT molecular complexity index is 443. The number of fused-ring (bicyclic) bond motifs is 1. The van der Waals surface area contributed by atoms with Crippen molar-refractivity contribution in [3.05, 3.63) is 23.3 Å². The second-order valence-corrected chi connectivity index (χ2v) is 5.02. The van der Waals surface area contributed by atoms with Gasteiger partial charge in [-0.1, -0.05) is 11.3 Å². The number of nitrogens with one attached hydrogen (secondary N) is 1. The molecule has 0 bridgehead atoms. The van der Waals surface area contributed by atoms with Gasteiger partial charge in [0.2, 0.25) is 0 Å². The average molecular weight is 234 g/mol. The fraction of sp³-hybridized carbons (Fsp3) is 0.455. The van der Waals surface area contributed by atoms with Gasteiger partial charge in [-0.05, 0) is 12.1 Å². The number of nitrogens with zero attached hydrogens (tertiary/aromatic N) is 3. The standard InChI is InChI=1S/C11H14N4S/c1-2-9-11(13-3-1)16-10(14-9)8-15-6-4-12-5-7-15/h1-3,12H,4-8H2. The highest BCUT2D eigenvalue weighted by Crippen LogP contribution is 2.20. The van der Waals surface area contributed by atoms with E-state index < -0.39 is 0 Å². The minimum Gasteiger partial charge on any atom is -0.314 e. The zero-order valence-electron chi connectivity index (χ0n) is 9.02. The van der Waals surface area contributed by atoms with Gasteiger partial charge in [0.05, 0.1) is 6.54 Å². The number of hydrogen-bond donors (Lipinski definition) is 1. The van der Waals surface area contributed by atoms with Crippen LogP contribution in [0.25, 0.3) is 10.3 Å². The summed E-state index contributed by atoms with van der Waals surface area (Å²) in [6.07, 6.45) is 1.83. The van der Waals surface area contributed by atoms with E-state index in [4.69, 9.17) is 0 Å². The van der Waals surface area contributed by atoms with Crippen molar-refractivity contribution in [3.8, 4) is 0 Å². The highest BCUT2D eigenvalue weighted by atomic mass is 32.1. The number of thiazole rings is 1. The third-order valence-corrected chi connectivity index (χ3v) is 3.74. The Morgan fingerprint density at radius 1 is 1.38 bits per heavy atom. The summed E-state index contributed by atoms with van der Waals surface area (Å²) in [4.78, 5) is 12.4. The Hall–Kier alpha value is -1.04. The lowest BCUT2D eigenvalue weighted by atomic mass is 10.3. The fourth-order valence-electron chi connectivity index (χ4n) is 1.94. The van der Waals surface area contributed by atoms with Gasteiger partial charge < -0.3 is 5.32 Å². The number of aromatic nitrogens is 2. The minimum atomic E-state index is 0.961. The van der Waals surface area contributed by atoms with Crippen molar-refractivity contribution in [1.82, 2.24) is 20.2 Å². The molecule has 2 aromatic rings. The lowest BCUT2D eigenvalue weighted by molar-refractivity contribution is 0.233. The normalized spacial score (nSPS) is 18.0. The summed E-state index contributed by atoms with van der Waals surface area (Å²) in [6, 6.07) is 3.97. The average Bonchev–Trinajstić information content (AvgIpc) is 2.72. The number of piperazine rings is 1. The Kier molecular flexibility index (Phi) is 2.82. The molecule has 0 spiro atoms. The van der Waals surface area contributed by atoms with Gasteiger partial charge in [0.1, 0.15) is 15.4 Å². The Labute approximate surface area is 98.3 Å². The number of pyridine rings is 1. The van der Waals surface area contributed by atoms with Gasteiger partial charge in [-0.2, -0.15) is 0 Å². The van der Waals surface area contributed by atoms with E-state index in [1.807, 2.05) is 18.3 Å². The largest absolute Gasteiger partial charge is 0.314 e. The van der Waals surface area contributed by atoms with Crippen LogP contribution in [-0.2, 0) is 6.54 Å². The predicted octanol–water partition coefficient (Wildman–Crippen LogP) is 1.10. The molecule has 1 N–H and O–H groups in total. The molecule has 84 valence electrons. The third kappa shape index (κ3) is 2.07. The molecule has 0 saturated carbocycles. The van der Waals surface area contributed by atoms with Gasteiger partial charge in [0.15, 0.2) is 0 Å². The lowest BCUT2D eigenvalue weighted by Gasteiger charge is -2.25. The molecule has 16 heavy (non-hydrogen) atoms. The highest BCUT2D eigenvalue weighted by Gasteiger charge is 2.12. The van der Waals surface area contributed by atoms with Crippen molar-refractivity contribution in [2.24, 2.45) is 0 Å². The quantitative estimate of drug-likeness (QED) is 0.844.